The number of amides is 1. The van der Waals surface area contributed by atoms with E-state index in [9.17, 15) is 13.6 Å². The summed E-state index contributed by atoms with van der Waals surface area (Å²) in [4.78, 5) is 14.5. The number of nitrogens with zero attached hydrogens (tertiary/aromatic N) is 1. The number of carbonyl (C=O) groups excluding carboxylic acids is 1. The molecule has 76 valence electrons. The summed E-state index contributed by atoms with van der Waals surface area (Å²) in [5.41, 5.74) is 4.72. The molecule has 14 heavy (non-hydrogen) atoms. The van der Waals surface area contributed by atoms with Crippen molar-refractivity contribution >= 4 is 28.5 Å². The average molecular weight is 312 g/mol. The summed E-state index contributed by atoms with van der Waals surface area (Å²) in [5.74, 6) is -0.929. The van der Waals surface area contributed by atoms with Crippen molar-refractivity contribution in [2.24, 2.45) is 5.73 Å². The van der Waals surface area contributed by atoms with E-state index >= 15 is 0 Å². The second kappa shape index (κ2) is 4.16. The molecule has 1 aromatic heterocycles. The molecule has 0 aliphatic heterocycles. The lowest BCUT2D eigenvalue weighted by Crippen LogP contribution is -2.17. The van der Waals surface area contributed by atoms with Crippen molar-refractivity contribution in [2.45, 2.75) is 13.3 Å². The van der Waals surface area contributed by atoms with Gasteiger partial charge in [0.05, 0.1) is 5.56 Å². The Bertz CT molecular complexity index is 382. The van der Waals surface area contributed by atoms with Crippen molar-refractivity contribution in [1.82, 2.24) is 4.98 Å². The summed E-state index contributed by atoms with van der Waals surface area (Å²) in [6.07, 6.45) is -2.74. The highest BCUT2D eigenvalue weighted by molar-refractivity contribution is 14.1. The van der Waals surface area contributed by atoms with Crippen LogP contribution in [0.2, 0.25) is 0 Å². The van der Waals surface area contributed by atoms with Gasteiger partial charge in [0, 0.05) is 9.26 Å². The number of aromatic nitrogens is 1. The molecule has 0 aliphatic carbocycles. The fourth-order valence-corrected chi connectivity index (χ4v) is 1.98. The van der Waals surface area contributed by atoms with Gasteiger partial charge >= 0.3 is 0 Å². The summed E-state index contributed by atoms with van der Waals surface area (Å²) in [7, 11) is 0. The molecule has 0 spiro atoms. The summed E-state index contributed by atoms with van der Waals surface area (Å²) in [6, 6.07) is 1.48. The largest absolute Gasteiger partial charge is 0.364 e. The van der Waals surface area contributed by atoms with Crippen LogP contribution in [0.1, 0.15) is 28.2 Å². The molecular weight excluding hydrogens is 305 g/mol. The van der Waals surface area contributed by atoms with E-state index in [0.29, 0.717) is 9.26 Å². The first kappa shape index (κ1) is 11.3. The number of hydrogen-bond acceptors (Lipinski definition) is 2. The van der Waals surface area contributed by atoms with Gasteiger partial charge < -0.3 is 5.73 Å². The Labute approximate surface area is 92.8 Å². The standard InChI is InChI=1S/C8H7F2IN2O/c1-3-2-4(11)5(7(9)10)6(13-3)8(12)14/h2,7H,1H3,(H2,12,14). The SMILES string of the molecule is Cc1cc(I)c(C(F)F)c(C(N)=O)n1. The summed E-state index contributed by atoms with van der Waals surface area (Å²) in [5, 5.41) is 0. The number of pyridine rings is 1. The first-order chi connectivity index (χ1) is 6.43. The van der Waals surface area contributed by atoms with Gasteiger partial charge in [0.2, 0.25) is 0 Å². The van der Waals surface area contributed by atoms with Gasteiger partial charge in [-0.1, -0.05) is 0 Å². The minimum atomic E-state index is -2.74. The third-order valence-electron chi connectivity index (χ3n) is 1.59. The average Bonchev–Trinajstić information content (AvgIpc) is 2.01. The van der Waals surface area contributed by atoms with Crippen molar-refractivity contribution in [3.05, 3.63) is 26.6 Å². The van der Waals surface area contributed by atoms with Crippen molar-refractivity contribution in [1.29, 1.82) is 0 Å². The van der Waals surface area contributed by atoms with Crippen LogP contribution in [0.25, 0.3) is 0 Å². The monoisotopic (exact) mass is 312 g/mol. The highest BCUT2D eigenvalue weighted by Crippen LogP contribution is 2.27. The smallest absolute Gasteiger partial charge is 0.267 e. The van der Waals surface area contributed by atoms with Crippen LogP contribution in [0.5, 0.6) is 0 Å². The molecule has 6 heteroatoms. The van der Waals surface area contributed by atoms with Gasteiger partial charge in [-0.15, -0.1) is 0 Å². The van der Waals surface area contributed by atoms with Crippen LogP contribution in [0, 0.1) is 10.5 Å². The number of alkyl halides is 2. The predicted molar refractivity (Wildman–Crippen MR) is 55.2 cm³/mol. The van der Waals surface area contributed by atoms with E-state index in [0.717, 1.165) is 0 Å². The normalized spacial score (nSPS) is 10.6. The molecule has 1 heterocycles. The fourth-order valence-electron chi connectivity index (χ4n) is 1.04. The molecule has 0 aromatic carbocycles. The molecule has 0 saturated carbocycles. The van der Waals surface area contributed by atoms with E-state index in [-0.39, 0.29) is 11.3 Å². The van der Waals surface area contributed by atoms with Crippen molar-refractivity contribution in [3.8, 4) is 0 Å². The summed E-state index contributed by atoms with van der Waals surface area (Å²) >= 11 is 1.73. The maximum Gasteiger partial charge on any atom is 0.267 e. The molecule has 0 saturated heterocycles. The van der Waals surface area contributed by atoms with Crippen molar-refractivity contribution in [3.63, 3.8) is 0 Å². The van der Waals surface area contributed by atoms with Crippen LogP contribution in [0.3, 0.4) is 0 Å². The zero-order valence-electron chi connectivity index (χ0n) is 7.22. The second-order valence-electron chi connectivity index (χ2n) is 2.67. The molecule has 1 amide bonds. The number of hydrogen-bond donors (Lipinski definition) is 1. The van der Waals surface area contributed by atoms with E-state index in [1.807, 2.05) is 0 Å². The molecule has 0 bridgehead atoms. The molecule has 0 fully saturated rings. The Morgan fingerprint density at radius 2 is 2.21 bits per heavy atom. The summed E-state index contributed by atoms with van der Waals surface area (Å²) < 4.78 is 25.4. The van der Waals surface area contributed by atoms with Crippen LogP contribution in [0.4, 0.5) is 8.78 Å². The zero-order valence-corrected chi connectivity index (χ0v) is 9.38. The maximum absolute atomic E-state index is 12.5. The number of nitrogens with two attached hydrogens (primary N) is 1. The van der Waals surface area contributed by atoms with E-state index in [4.69, 9.17) is 5.73 Å². The lowest BCUT2D eigenvalue weighted by molar-refractivity contribution is 0.0979. The molecule has 0 radical (unpaired) electrons. The fraction of sp³-hybridized carbons (Fsp3) is 0.250. The van der Waals surface area contributed by atoms with Crippen LogP contribution in [-0.2, 0) is 0 Å². The predicted octanol–water partition coefficient (Wildman–Crippen LogP) is 2.03. The lowest BCUT2D eigenvalue weighted by Gasteiger charge is -2.08. The van der Waals surface area contributed by atoms with E-state index < -0.39 is 12.3 Å². The summed E-state index contributed by atoms with van der Waals surface area (Å²) in [6.45, 7) is 1.61. The number of primary amides is 1. The second-order valence-corrected chi connectivity index (χ2v) is 3.83. The minimum absolute atomic E-state index is 0.305. The van der Waals surface area contributed by atoms with Crippen molar-refractivity contribution in [2.75, 3.05) is 0 Å². The topological polar surface area (TPSA) is 56.0 Å². The Kier molecular flexibility index (Phi) is 3.35. The van der Waals surface area contributed by atoms with Crippen LogP contribution in [-0.4, -0.2) is 10.9 Å². The molecule has 0 aliphatic rings. The van der Waals surface area contributed by atoms with Crippen LogP contribution < -0.4 is 5.73 Å². The van der Waals surface area contributed by atoms with Crippen LogP contribution in [0.15, 0.2) is 6.07 Å². The van der Waals surface area contributed by atoms with Gasteiger partial charge in [0.1, 0.15) is 5.69 Å². The van der Waals surface area contributed by atoms with Gasteiger partial charge in [0.15, 0.2) is 0 Å². The van der Waals surface area contributed by atoms with E-state index in [1.165, 1.54) is 6.07 Å². The molecule has 1 aromatic rings. The highest BCUT2D eigenvalue weighted by Gasteiger charge is 2.21. The Morgan fingerprint density at radius 1 is 1.64 bits per heavy atom. The maximum atomic E-state index is 12.5. The number of aryl methyl sites for hydroxylation is 1. The third kappa shape index (κ3) is 2.17. The molecule has 3 nitrogen and oxygen atoms in total. The minimum Gasteiger partial charge on any atom is -0.364 e. The zero-order chi connectivity index (χ0) is 10.9. The molecule has 2 N–H and O–H groups in total. The number of carbonyl (C=O) groups is 1. The molecule has 0 atom stereocenters. The molecular formula is C8H7F2IN2O. The van der Waals surface area contributed by atoms with Gasteiger partial charge in [-0.25, -0.2) is 13.8 Å². The van der Waals surface area contributed by atoms with E-state index in [2.05, 4.69) is 4.98 Å². The van der Waals surface area contributed by atoms with Crippen LogP contribution >= 0.6 is 22.6 Å². The Hall–Kier alpha value is -0.790. The Morgan fingerprint density at radius 3 is 2.64 bits per heavy atom. The van der Waals surface area contributed by atoms with Gasteiger partial charge in [-0.05, 0) is 35.6 Å². The number of rotatable bonds is 2. The third-order valence-corrected chi connectivity index (χ3v) is 2.48. The van der Waals surface area contributed by atoms with E-state index in [1.54, 1.807) is 29.5 Å². The highest BCUT2D eigenvalue weighted by atomic mass is 127. The first-order valence-corrected chi connectivity index (χ1v) is 4.76. The Balaban J connectivity index is 3.44. The first-order valence-electron chi connectivity index (χ1n) is 3.68. The molecule has 1 rings (SSSR count). The van der Waals surface area contributed by atoms with Gasteiger partial charge in [0.25, 0.3) is 12.3 Å². The lowest BCUT2D eigenvalue weighted by atomic mass is 10.1. The number of halogens is 3. The van der Waals surface area contributed by atoms with Gasteiger partial charge in [-0.3, -0.25) is 4.79 Å². The van der Waals surface area contributed by atoms with Gasteiger partial charge in [-0.2, -0.15) is 0 Å². The van der Waals surface area contributed by atoms with Crippen molar-refractivity contribution < 1.29 is 13.6 Å². The quantitative estimate of drug-likeness (QED) is 0.850. The molecule has 0 unspecified atom stereocenters.